The summed E-state index contributed by atoms with van der Waals surface area (Å²) in [4.78, 5) is 28.1. The van der Waals surface area contributed by atoms with Crippen LogP contribution in [0.5, 0.6) is 0 Å². The minimum Gasteiger partial charge on any atom is -0.463 e. The van der Waals surface area contributed by atoms with Crippen LogP contribution in [0.1, 0.15) is 11.3 Å². The Hall–Kier alpha value is -3.06. The minimum atomic E-state index is -0.438. The second kappa shape index (κ2) is 5.86. The summed E-state index contributed by atoms with van der Waals surface area (Å²) in [5.41, 5.74) is 0.515. The fourth-order valence-electron chi connectivity index (χ4n) is 3.05. The maximum atomic E-state index is 12.3. The summed E-state index contributed by atoms with van der Waals surface area (Å²) >= 11 is 0. The van der Waals surface area contributed by atoms with Crippen molar-refractivity contribution < 1.29 is 9.32 Å². The molecule has 0 spiro atoms. The van der Waals surface area contributed by atoms with Crippen LogP contribution in [0.15, 0.2) is 62.7 Å². The van der Waals surface area contributed by atoms with Crippen LogP contribution in [0.25, 0.3) is 5.69 Å². The van der Waals surface area contributed by atoms with E-state index in [1.807, 2.05) is 42.5 Å². The van der Waals surface area contributed by atoms with Crippen LogP contribution in [-0.2, 0) is 13.1 Å². The number of aromatic nitrogens is 2. The fourth-order valence-corrected chi connectivity index (χ4v) is 3.05. The van der Waals surface area contributed by atoms with E-state index in [0.29, 0.717) is 31.1 Å². The molecule has 24 heavy (non-hydrogen) atoms. The number of para-hydroxylation sites is 1. The van der Waals surface area contributed by atoms with Crippen molar-refractivity contribution >= 4 is 5.82 Å². The number of rotatable bonds is 3. The van der Waals surface area contributed by atoms with E-state index in [0.717, 1.165) is 16.3 Å². The van der Waals surface area contributed by atoms with Gasteiger partial charge in [-0.25, -0.2) is 9.36 Å². The van der Waals surface area contributed by atoms with Gasteiger partial charge in [-0.05, 0) is 24.3 Å². The van der Waals surface area contributed by atoms with Gasteiger partial charge in [0.25, 0.3) is 5.56 Å². The molecule has 3 aromatic rings. The molecule has 0 fully saturated rings. The van der Waals surface area contributed by atoms with Crippen LogP contribution < -0.4 is 21.5 Å². The first-order chi connectivity index (χ1) is 11.7. The molecule has 3 heterocycles. The third-order valence-electron chi connectivity index (χ3n) is 4.16. The van der Waals surface area contributed by atoms with E-state index in [1.165, 1.54) is 4.57 Å². The van der Waals surface area contributed by atoms with E-state index in [1.54, 1.807) is 6.26 Å². The van der Waals surface area contributed by atoms with Crippen molar-refractivity contribution in [2.75, 3.05) is 12.0 Å². The molecule has 7 nitrogen and oxygen atoms in total. The van der Waals surface area contributed by atoms with Crippen LogP contribution >= 0.6 is 0 Å². The van der Waals surface area contributed by atoms with Gasteiger partial charge in [0.1, 0.15) is 24.5 Å². The monoisotopic (exact) mass is 325 g/mol. The topological polar surface area (TPSA) is 84.5 Å². The summed E-state index contributed by atoms with van der Waals surface area (Å²) in [6, 6.07) is 13.0. The molecule has 2 aromatic heterocycles. The summed E-state index contributed by atoms with van der Waals surface area (Å²) in [5.74, 6) is 1.43. The van der Waals surface area contributed by atoms with Crippen molar-refractivity contribution in [3.63, 3.8) is 0 Å². The number of quaternary nitrogens is 1. The highest BCUT2D eigenvalue weighted by Gasteiger charge is 2.26. The highest BCUT2D eigenvalue weighted by atomic mass is 16.3. The number of aromatic amines is 1. The van der Waals surface area contributed by atoms with Gasteiger partial charge in [-0.2, -0.15) is 0 Å². The molecule has 1 unspecified atom stereocenters. The van der Waals surface area contributed by atoms with Gasteiger partial charge in [0.15, 0.2) is 12.4 Å². The maximum Gasteiger partial charge on any atom is 0.334 e. The lowest BCUT2D eigenvalue weighted by molar-refractivity contribution is -0.926. The van der Waals surface area contributed by atoms with E-state index in [2.05, 4.69) is 10.3 Å². The lowest BCUT2D eigenvalue weighted by Crippen LogP contribution is -3.11. The van der Waals surface area contributed by atoms with Crippen molar-refractivity contribution in [2.45, 2.75) is 13.1 Å². The normalized spacial score (nSPS) is 16.4. The first-order valence-electron chi connectivity index (χ1n) is 7.76. The summed E-state index contributed by atoms with van der Waals surface area (Å²) in [5, 5.41) is 3.24. The van der Waals surface area contributed by atoms with Gasteiger partial charge in [-0.3, -0.25) is 9.78 Å². The molecule has 1 aromatic carbocycles. The number of nitrogens with zero attached hydrogens (tertiary/aromatic N) is 1. The van der Waals surface area contributed by atoms with Gasteiger partial charge >= 0.3 is 5.69 Å². The average Bonchev–Trinajstić information content (AvgIpc) is 3.09. The average molecular weight is 325 g/mol. The SMILES string of the molecule is O=c1[nH]c(=O)n(-c2ccccc2)c2c1C[NH+](Cc1ccco1)CN2. The number of anilines is 1. The van der Waals surface area contributed by atoms with Gasteiger partial charge < -0.3 is 14.6 Å². The first kappa shape index (κ1) is 14.5. The molecule has 1 aliphatic heterocycles. The van der Waals surface area contributed by atoms with Crippen LogP contribution in [0, 0.1) is 0 Å². The summed E-state index contributed by atoms with van der Waals surface area (Å²) in [6.07, 6.45) is 1.64. The van der Waals surface area contributed by atoms with Crippen molar-refractivity contribution in [2.24, 2.45) is 0 Å². The molecule has 0 amide bonds. The number of hydrogen-bond acceptors (Lipinski definition) is 4. The number of fused-ring (bicyclic) bond motifs is 1. The van der Waals surface area contributed by atoms with E-state index in [4.69, 9.17) is 4.42 Å². The zero-order chi connectivity index (χ0) is 16.5. The maximum absolute atomic E-state index is 12.3. The molecule has 0 radical (unpaired) electrons. The number of furan rings is 1. The molecule has 0 bridgehead atoms. The Balaban J connectivity index is 1.74. The molecule has 0 saturated heterocycles. The standard InChI is InChI=1S/C17H16N4O3/c22-16-14-10-20(9-13-7-4-8-24-13)11-18-15(14)21(17(23)19-16)12-5-2-1-3-6-12/h1-8,18H,9-11H2,(H,19,22,23)/p+1. The first-order valence-corrected chi connectivity index (χ1v) is 7.76. The van der Waals surface area contributed by atoms with Crippen LogP contribution in [0.2, 0.25) is 0 Å². The van der Waals surface area contributed by atoms with Crippen molar-refractivity contribution in [1.29, 1.82) is 0 Å². The number of benzene rings is 1. The molecule has 0 aliphatic carbocycles. The zero-order valence-corrected chi connectivity index (χ0v) is 12.9. The Labute approximate surface area is 137 Å². The van der Waals surface area contributed by atoms with Gasteiger partial charge in [0, 0.05) is 0 Å². The summed E-state index contributed by atoms with van der Waals surface area (Å²) in [7, 11) is 0. The number of hydrogen-bond donors (Lipinski definition) is 3. The molecule has 122 valence electrons. The fraction of sp³-hybridized carbons (Fsp3) is 0.176. The van der Waals surface area contributed by atoms with Crippen molar-refractivity contribution in [3.05, 3.63) is 80.9 Å². The Bertz CT molecular complexity index is 958. The quantitative estimate of drug-likeness (QED) is 0.637. The summed E-state index contributed by atoms with van der Waals surface area (Å²) in [6.45, 7) is 1.79. The molecule has 4 rings (SSSR count). The third kappa shape index (κ3) is 2.55. The molecular formula is C17H17N4O3+. The number of nitrogens with one attached hydrogen (secondary N) is 3. The second-order valence-corrected chi connectivity index (χ2v) is 5.79. The highest BCUT2D eigenvalue weighted by molar-refractivity contribution is 5.50. The largest absolute Gasteiger partial charge is 0.463 e. The molecular weight excluding hydrogens is 308 g/mol. The predicted octanol–water partition coefficient (Wildman–Crippen LogP) is 0.0869. The summed E-state index contributed by atoms with van der Waals surface area (Å²) < 4.78 is 6.89. The minimum absolute atomic E-state index is 0.341. The Morgan fingerprint density at radius 1 is 1.12 bits per heavy atom. The Morgan fingerprint density at radius 3 is 2.71 bits per heavy atom. The van der Waals surface area contributed by atoms with Gasteiger partial charge in [0.2, 0.25) is 0 Å². The lowest BCUT2D eigenvalue weighted by Gasteiger charge is -2.27. The van der Waals surface area contributed by atoms with Crippen LogP contribution in [0.3, 0.4) is 0 Å². The lowest BCUT2D eigenvalue weighted by atomic mass is 10.2. The molecule has 7 heteroatoms. The van der Waals surface area contributed by atoms with Gasteiger partial charge in [0.05, 0.1) is 12.0 Å². The van der Waals surface area contributed by atoms with E-state index >= 15 is 0 Å². The van der Waals surface area contributed by atoms with E-state index in [-0.39, 0.29) is 5.56 Å². The predicted molar refractivity (Wildman–Crippen MR) is 88.2 cm³/mol. The molecule has 0 saturated carbocycles. The smallest absolute Gasteiger partial charge is 0.334 e. The highest BCUT2D eigenvalue weighted by Crippen LogP contribution is 2.16. The molecule has 1 atom stereocenters. The van der Waals surface area contributed by atoms with Crippen LogP contribution in [-0.4, -0.2) is 16.2 Å². The van der Waals surface area contributed by atoms with E-state index < -0.39 is 5.69 Å². The third-order valence-corrected chi connectivity index (χ3v) is 4.16. The number of H-pyrrole nitrogens is 1. The Morgan fingerprint density at radius 2 is 1.96 bits per heavy atom. The molecule has 3 N–H and O–H groups in total. The second-order valence-electron chi connectivity index (χ2n) is 5.79. The zero-order valence-electron chi connectivity index (χ0n) is 12.9. The molecule has 1 aliphatic rings. The van der Waals surface area contributed by atoms with Gasteiger partial charge in [-0.15, -0.1) is 0 Å². The Kier molecular flexibility index (Phi) is 3.55. The van der Waals surface area contributed by atoms with Crippen molar-refractivity contribution in [3.8, 4) is 5.69 Å². The van der Waals surface area contributed by atoms with E-state index in [9.17, 15) is 9.59 Å². The van der Waals surface area contributed by atoms with Crippen LogP contribution in [0.4, 0.5) is 5.82 Å². The van der Waals surface area contributed by atoms with Gasteiger partial charge in [-0.1, -0.05) is 18.2 Å². The van der Waals surface area contributed by atoms with Crippen molar-refractivity contribution in [1.82, 2.24) is 9.55 Å².